The number of halogens is 1. The molecule has 0 saturated heterocycles. The topological polar surface area (TPSA) is 87.4 Å². The first kappa shape index (κ1) is 14.7. The van der Waals surface area contributed by atoms with Crippen molar-refractivity contribution < 1.29 is 14.3 Å². The first-order valence-electron chi connectivity index (χ1n) is 6.82. The lowest BCUT2D eigenvalue weighted by Crippen LogP contribution is -2.39. The van der Waals surface area contributed by atoms with Crippen molar-refractivity contribution in [1.82, 2.24) is 5.32 Å². The molecule has 5 nitrogen and oxygen atoms in total. The third kappa shape index (κ3) is 3.26. The molecule has 20 heavy (non-hydrogen) atoms. The fraction of sp³-hybridized carbons (Fsp3) is 0.500. The van der Waals surface area contributed by atoms with Crippen LogP contribution in [0, 0.1) is 11.7 Å². The highest BCUT2D eigenvalue weighted by Crippen LogP contribution is 2.25. The summed E-state index contributed by atoms with van der Waals surface area (Å²) in [4.78, 5) is 12.2. The largest absolute Gasteiger partial charge is 0.396 e. The van der Waals surface area contributed by atoms with Crippen LogP contribution in [0.5, 0.6) is 0 Å². The molecule has 6 heteroatoms. The van der Waals surface area contributed by atoms with Gasteiger partial charge in [0.05, 0.1) is 11.3 Å². The number of benzene rings is 1. The van der Waals surface area contributed by atoms with E-state index in [1.165, 1.54) is 18.2 Å². The van der Waals surface area contributed by atoms with Crippen LogP contribution in [-0.4, -0.2) is 23.7 Å². The van der Waals surface area contributed by atoms with Crippen molar-refractivity contribution in [3.8, 4) is 0 Å². The highest BCUT2D eigenvalue weighted by molar-refractivity contribution is 5.99. The lowest BCUT2D eigenvalue weighted by Gasteiger charge is -2.28. The summed E-state index contributed by atoms with van der Waals surface area (Å²) in [5, 5.41) is 12.1. The van der Waals surface area contributed by atoms with Gasteiger partial charge in [0.25, 0.3) is 5.91 Å². The Morgan fingerprint density at radius 2 is 2.25 bits per heavy atom. The Bertz CT molecular complexity index is 481. The number of hydrazine groups is 1. The minimum absolute atomic E-state index is 0.000447. The van der Waals surface area contributed by atoms with Crippen LogP contribution in [0.4, 0.5) is 10.1 Å². The minimum Gasteiger partial charge on any atom is -0.396 e. The van der Waals surface area contributed by atoms with Gasteiger partial charge < -0.3 is 15.8 Å². The van der Waals surface area contributed by atoms with Gasteiger partial charge >= 0.3 is 0 Å². The van der Waals surface area contributed by atoms with Crippen LogP contribution in [0.2, 0.25) is 0 Å². The fourth-order valence-corrected chi connectivity index (χ4v) is 2.71. The SMILES string of the molecule is NNc1c(F)cccc1C(=O)NC1CCCC(CO)C1. The van der Waals surface area contributed by atoms with Gasteiger partial charge in [0.1, 0.15) is 5.82 Å². The zero-order chi connectivity index (χ0) is 14.5. The Morgan fingerprint density at radius 1 is 1.45 bits per heavy atom. The zero-order valence-electron chi connectivity index (χ0n) is 11.2. The predicted octanol–water partition coefficient (Wildman–Crippen LogP) is 1.39. The van der Waals surface area contributed by atoms with Crippen molar-refractivity contribution in [2.24, 2.45) is 11.8 Å². The van der Waals surface area contributed by atoms with Crippen molar-refractivity contribution in [3.05, 3.63) is 29.6 Å². The molecule has 1 aromatic carbocycles. The summed E-state index contributed by atoms with van der Waals surface area (Å²) < 4.78 is 13.6. The number of carbonyl (C=O) groups excluding carboxylic acids is 1. The quantitative estimate of drug-likeness (QED) is 0.496. The summed E-state index contributed by atoms with van der Waals surface area (Å²) in [7, 11) is 0. The first-order valence-corrected chi connectivity index (χ1v) is 6.82. The number of carbonyl (C=O) groups is 1. The maximum Gasteiger partial charge on any atom is 0.253 e. The molecule has 5 N–H and O–H groups in total. The molecule has 0 spiro atoms. The summed E-state index contributed by atoms with van der Waals surface area (Å²) in [5.74, 6) is 4.59. The molecule has 2 rings (SSSR count). The molecule has 1 aliphatic rings. The Morgan fingerprint density at radius 3 is 2.95 bits per heavy atom. The van der Waals surface area contributed by atoms with Crippen molar-refractivity contribution in [1.29, 1.82) is 0 Å². The monoisotopic (exact) mass is 281 g/mol. The second kappa shape index (κ2) is 6.67. The number of anilines is 1. The van der Waals surface area contributed by atoms with Crippen LogP contribution in [-0.2, 0) is 0 Å². The maximum absolute atomic E-state index is 13.6. The van der Waals surface area contributed by atoms with E-state index in [4.69, 9.17) is 5.84 Å². The van der Waals surface area contributed by atoms with Crippen LogP contribution < -0.4 is 16.6 Å². The van der Waals surface area contributed by atoms with E-state index in [1.54, 1.807) is 0 Å². The number of amides is 1. The van der Waals surface area contributed by atoms with E-state index in [-0.39, 0.29) is 35.7 Å². The molecule has 1 fully saturated rings. The first-order chi connectivity index (χ1) is 9.65. The van der Waals surface area contributed by atoms with E-state index in [2.05, 4.69) is 10.7 Å². The summed E-state index contributed by atoms with van der Waals surface area (Å²) in [6.45, 7) is 0.141. The van der Waals surface area contributed by atoms with Crippen molar-refractivity contribution in [3.63, 3.8) is 0 Å². The van der Waals surface area contributed by atoms with Crippen molar-refractivity contribution in [2.75, 3.05) is 12.0 Å². The minimum atomic E-state index is -0.558. The van der Waals surface area contributed by atoms with Gasteiger partial charge in [-0.05, 0) is 37.3 Å². The fourth-order valence-electron chi connectivity index (χ4n) is 2.71. The molecule has 0 heterocycles. The van der Waals surface area contributed by atoms with Gasteiger partial charge in [-0.15, -0.1) is 0 Å². The number of hydrogen-bond donors (Lipinski definition) is 4. The second-order valence-corrected chi connectivity index (χ2v) is 5.19. The summed E-state index contributed by atoms with van der Waals surface area (Å²) in [6, 6.07) is 4.26. The number of aliphatic hydroxyl groups is 1. The number of nitrogens with two attached hydrogens (primary N) is 1. The van der Waals surface area contributed by atoms with E-state index in [0.717, 1.165) is 25.7 Å². The van der Waals surface area contributed by atoms with E-state index in [1.807, 2.05) is 0 Å². The van der Waals surface area contributed by atoms with Crippen LogP contribution in [0.3, 0.4) is 0 Å². The van der Waals surface area contributed by atoms with Gasteiger partial charge in [0.2, 0.25) is 0 Å². The third-order valence-electron chi connectivity index (χ3n) is 3.78. The highest BCUT2D eigenvalue weighted by atomic mass is 19.1. The number of aliphatic hydroxyl groups excluding tert-OH is 1. The van der Waals surface area contributed by atoms with Gasteiger partial charge in [-0.1, -0.05) is 12.5 Å². The number of nitrogen functional groups attached to an aromatic ring is 1. The lowest BCUT2D eigenvalue weighted by atomic mass is 9.86. The van der Waals surface area contributed by atoms with E-state index >= 15 is 0 Å². The molecule has 0 radical (unpaired) electrons. The molecule has 2 unspecified atom stereocenters. The molecule has 0 aliphatic heterocycles. The molecule has 1 saturated carbocycles. The zero-order valence-corrected chi connectivity index (χ0v) is 11.2. The number of nitrogens with one attached hydrogen (secondary N) is 2. The van der Waals surface area contributed by atoms with E-state index in [9.17, 15) is 14.3 Å². The van der Waals surface area contributed by atoms with Crippen molar-refractivity contribution in [2.45, 2.75) is 31.7 Å². The molecule has 1 aliphatic carbocycles. The van der Waals surface area contributed by atoms with Gasteiger partial charge in [0.15, 0.2) is 0 Å². The average Bonchev–Trinajstić information content (AvgIpc) is 2.47. The number of hydrogen-bond acceptors (Lipinski definition) is 4. The van der Waals surface area contributed by atoms with Crippen LogP contribution in [0.15, 0.2) is 18.2 Å². The molecule has 110 valence electrons. The van der Waals surface area contributed by atoms with Gasteiger partial charge in [-0.3, -0.25) is 10.6 Å². The smallest absolute Gasteiger partial charge is 0.253 e. The Kier molecular flexibility index (Phi) is 4.92. The van der Waals surface area contributed by atoms with Gasteiger partial charge in [-0.25, -0.2) is 4.39 Å². The third-order valence-corrected chi connectivity index (χ3v) is 3.78. The molecule has 0 bridgehead atoms. The maximum atomic E-state index is 13.6. The van der Waals surface area contributed by atoms with Crippen LogP contribution >= 0.6 is 0 Å². The second-order valence-electron chi connectivity index (χ2n) is 5.19. The van der Waals surface area contributed by atoms with Gasteiger partial charge in [0, 0.05) is 12.6 Å². The number of rotatable bonds is 4. The molecule has 1 amide bonds. The Hall–Kier alpha value is -1.66. The van der Waals surface area contributed by atoms with Crippen LogP contribution in [0.25, 0.3) is 0 Å². The molecule has 2 atom stereocenters. The predicted molar refractivity (Wildman–Crippen MR) is 74.5 cm³/mol. The average molecular weight is 281 g/mol. The lowest BCUT2D eigenvalue weighted by molar-refractivity contribution is 0.0906. The van der Waals surface area contributed by atoms with Crippen LogP contribution in [0.1, 0.15) is 36.0 Å². The molecular weight excluding hydrogens is 261 g/mol. The number of para-hydroxylation sites is 1. The van der Waals surface area contributed by atoms with E-state index < -0.39 is 5.82 Å². The molecule has 0 aromatic heterocycles. The molecular formula is C14H20FN3O2. The summed E-state index contributed by atoms with van der Waals surface area (Å²) in [6.07, 6.45) is 3.59. The van der Waals surface area contributed by atoms with Crippen molar-refractivity contribution >= 4 is 11.6 Å². The normalized spacial score (nSPS) is 22.4. The summed E-state index contributed by atoms with van der Waals surface area (Å²) >= 11 is 0. The Balaban J connectivity index is 2.07. The standard InChI is InChI=1S/C14H20FN3O2/c15-12-6-2-5-11(13(12)18-16)14(20)17-10-4-1-3-9(7-10)8-19/h2,5-6,9-10,18-19H,1,3-4,7-8,16H2,(H,17,20). The summed E-state index contributed by atoms with van der Waals surface area (Å²) in [5.41, 5.74) is 2.42. The molecule has 1 aromatic rings. The Labute approximate surface area is 117 Å². The van der Waals surface area contributed by atoms with E-state index in [0.29, 0.717) is 0 Å². The van der Waals surface area contributed by atoms with Gasteiger partial charge in [-0.2, -0.15) is 0 Å². The highest BCUT2D eigenvalue weighted by Gasteiger charge is 2.24.